The molecule has 1 atom stereocenters. The molecule has 1 heterocycles. The monoisotopic (exact) mass is 154 g/mol. The number of furan rings is 1. The Kier molecular flexibility index (Phi) is 2.31. The molecule has 0 spiro atoms. The van der Waals surface area contributed by atoms with Gasteiger partial charge in [0.2, 0.25) is 0 Å². The molecule has 1 aromatic heterocycles. The van der Waals surface area contributed by atoms with E-state index in [0.717, 1.165) is 5.76 Å². The Bertz CT molecular complexity index is 225. The van der Waals surface area contributed by atoms with Gasteiger partial charge >= 0.3 is 5.97 Å². The molecule has 1 unspecified atom stereocenters. The first kappa shape index (κ1) is 7.85. The van der Waals surface area contributed by atoms with Crippen LogP contribution in [0.2, 0.25) is 0 Å². The van der Waals surface area contributed by atoms with Crippen LogP contribution in [-0.2, 0) is 11.2 Å². The SMILES string of the molecule is CC(Cc1ccco1)C(=O)O. The lowest BCUT2D eigenvalue weighted by molar-refractivity contribution is -0.141. The van der Waals surface area contributed by atoms with Gasteiger partial charge in [0, 0.05) is 6.42 Å². The molecule has 0 aliphatic rings. The zero-order valence-corrected chi connectivity index (χ0v) is 6.28. The van der Waals surface area contributed by atoms with Gasteiger partial charge in [0.05, 0.1) is 12.2 Å². The Morgan fingerprint density at radius 2 is 2.55 bits per heavy atom. The summed E-state index contributed by atoms with van der Waals surface area (Å²) in [5.74, 6) is -0.442. The fraction of sp³-hybridized carbons (Fsp3) is 0.375. The van der Waals surface area contributed by atoms with Crippen molar-refractivity contribution in [2.24, 2.45) is 5.92 Å². The minimum atomic E-state index is -0.790. The normalized spacial score (nSPS) is 12.8. The van der Waals surface area contributed by atoms with Crippen molar-refractivity contribution < 1.29 is 14.3 Å². The Hall–Kier alpha value is -1.25. The Morgan fingerprint density at radius 1 is 1.82 bits per heavy atom. The maximum Gasteiger partial charge on any atom is 0.306 e. The third kappa shape index (κ3) is 2.11. The van der Waals surface area contributed by atoms with Crippen LogP contribution in [-0.4, -0.2) is 11.1 Å². The first-order chi connectivity index (χ1) is 5.20. The number of hydrogen-bond donors (Lipinski definition) is 1. The van der Waals surface area contributed by atoms with E-state index in [-0.39, 0.29) is 5.92 Å². The van der Waals surface area contributed by atoms with Gasteiger partial charge in [0.1, 0.15) is 5.76 Å². The first-order valence-electron chi connectivity index (χ1n) is 3.45. The van der Waals surface area contributed by atoms with Gasteiger partial charge in [0.25, 0.3) is 0 Å². The summed E-state index contributed by atoms with van der Waals surface area (Å²) >= 11 is 0. The molecular formula is C8H10O3. The van der Waals surface area contributed by atoms with Gasteiger partial charge in [-0.1, -0.05) is 6.92 Å². The molecule has 0 saturated carbocycles. The van der Waals surface area contributed by atoms with E-state index in [9.17, 15) is 4.79 Å². The van der Waals surface area contributed by atoms with Crippen LogP contribution < -0.4 is 0 Å². The summed E-state index contributed by atoms with van der Waals surface area (Å²) in [6.45, 7) is 1.66. The minimum absolute atomic E-state index is 0.374. The van der Waals surface area contributed by atoms with Crippen LogP contribution in [0.15, 0.2) is 22.8 Å². The van der Waals surface area contributed by atoms with Gasteiger partial charge < -0.3 is 9.52 Å². The van der Waals surface area contributed by atoms with Crippen molar-refractivity contribution >= 4 is 5.97 Å². The molecule has 11 heavy (non-hydrogen) atoms. The molecule has 0 aliphatic carbocycles. The lowest BCUT2D eigenvalue weighted by Gasteiger charge is -2.01. The zero-order chi connectivity index (χ0) is 8.27. The van der Waals surface area contributed by atoms with Crippen molar-refractivity contribution in [3.05, 3.63) is 24.2 Å². The molecule has 0 radical (unpaired) electrons. The summed E-state index contributed by atoms with van der Waals surface area (Å²) in [5.41, 5.74) is 0. The third-order valence-corrected chi connectivity index (χ3v) is 1.51. The highest BCUT2D eigenvalue weighted by Gasteiger charge is 2.12. The second kappa shape index (κ2) is 3.23. The number of carboxylic acid groups (broad SMARTS) is 1. The lowest BCUT2D eigenvalue weighted by atomic mass is 10.1. The summed E-state index contributed by atoms with van der Waals surface area (Å²) in [4.78, 5) is 10.4. The summed E-state index contributed by atoms with van der Waals surface area (Å²) in [7, 11) is 0. The van der Waals surface area contributed by atoms with Gasteiger partial charge in [0.15, 0.2) is 0 Å². The molecule has 0 saturated heterocycles. The minimum Gasteiger partial charge on any atom is -0.481 e. The Labute approximate surface area is 64.6 Å². The van der Waals surface area contributed by atoms with E-state index in [1.807, 2.05) is 0 Å². The summed E-state index contributed by atoms with van der Waals surface area (Å²) in [6, 6.07) is 3.53. The highest BCUT2D eigenvalue weighted by atomic mass is 16.4. The molecule has 60 valence electrons. The zero-order valence-electron chi connectivity index (χ0n) is 6.28. The predicted molar refractivity (Wildman–Crippen MR) is 39.2 cm³/mol. The highest BCUT2D eigenvalue weighted by Crippen LogP contribution is 2.08. The predicted octanol–water partition coefficient (Wildman–Crippen LogP) is 1.54. The van der Waals surface area contributed by atoms with Gasteiger partial charge in [-0.2, -0.15) is 0 Å². The van der Waals surface area contributed by atoms with E-state index in [4.69, 9.17) is 9.52 Å². The van der Waals surface area contributed by atoms with Gasteiger partial charge in [-0.3, -0.25) is 4.79 Å². The molecule has 0 aromatic carbocycles. The molecule has 0 aliphatic heterocycles. The van der Waals surface area contributed by atoms with E-state index >= 15 is 0 Å². The largest absolute Gasteiger partial charge is 0.481 e. The fourth-order valence-electron chi connectivity index (χ4n) is 0.818. The summed E-state index contributed by atoms with van der Waals surface area (Å²) < 4.78 is 4.99. The molecule has 1 aromatic rings. The molecule has 3 heteroatoms. The van der Waals surface area contributed by atoms with Gasteiger partial charge in [-0.05, 0) is 12.1 Å². The van der Waals surface area contributed by atoms with E-state index in [2.05, 4.69) is 0 Å². The molecule has 0 amide bonds. The molecule has 0 bridgehead atoms. The van der Waals surface area contributed by atoms with Crippen molar-refractivity contribution in [1.82, 2.24) is 0 Å². The average Bonchev–Trinajstić information content (AvgIpc) is 2.39. The average molecular weight is 154 g/mol. The molecule has 3 nitrogen and oxygen atoms in total. The van der Waals surface area contributed by atoms with Crippen LogP contribution in [0.25, 0.3) is 0 Å². The molecule has 0 fully saturated rings. The number of carbonyl (C=O) groups is 1. The maximum atomic E-state index is 10.4. The molecule has 1 N–H and O–H groups in total. The van der Waals surface area contributed by atoms with Crippen LogP contribution in [0.5, 0.6) is 0 Å². The maximum absolute atomic E-state index is 10.4. The number of rotatable bonds is 3. The van der Waals surface area contributed by atoms with E-state index < -0.39 is 5.97 Å². The number of aliphatic carboxylic acids is 1. The second-order valence-electron chi connectivity index (χ2n) is 2.52. The van der Waals surface area contributed by atoms with Crippen LogP contribution >= 0.6 is 0 Å². The smallest absolute Gasteiger partial charge is 0.306 e. The molecule has 1 rings (SSSR count). The van der Waals surface area contributed by atoms with Crippen molar-refractivity contribution in [3.63, 3.8) is 0 Å². The van der Waals surface area contributed by atoms with Crippen molar-refractivity contribution in [1.29, 1.82) is 0 Å². The third-order valence-electron chi connectivity index (χ3n) is 1.51. The Balaban J connectivity index is 2.50. The number of hydrogen-bond acceptors (Lipinski definition) is 2. The van der Waals surface area contributed by atoms with Crippen LogP contribution in [0.1, 0.15) is 12.7 Å². The van der Waals surface area contributed by atoms with E-state index in [1.165, 1.54) is 0 Å². The second-order valence-corrected chi connectivity index (χ2v) is 2.52. The van der Waals surface area contributed by atoms with Gasteiger partial charge in [-0.25, -0.2) is 0 Å². The molecular weight excluding hydrogens is 144 g/mol. The van der Waals surface area contributed by atoms with Crippen molar-refractivity contribution in [2.75, 3.05) is 0 Å². The highest BCUT2D eigenvalue weighted by molar-refractivity contribution is 5.69. The van der Waals surface area contributed by atoms with E-state index in [0.29, 0.717) is 6.42 Å². The standard InChI is InChI=1S/C8H10O3/c1-6(8(9)10)5-7-3-2-4-11-7/h2-4,6H,5H2,1H3,(H,9,10). The summed E-state index contributed by atoms with van der Waals surface area (Å²) in [6.07, 6.45) is 2.01. The van der Waals surface area contributed by atoms with Crippen molar-refractivity contribution in [3.8, 4) is 0 Å². The fourth-order valence-corrected chi connectivity index (χ4v) is 0.818. The quantitative estimate of drug-likeness (QED) is 0.718. The van der Waals surface area contributed by atoms with Crippen LogP contribution in [0.3, 0.4) is 0 Å². The topological polar surface area (TPSA) is 50.4 Å². The van der Waals surface area contributed by atoms with Crippen LogP contribution in [0, 0.1) is 5.92 Å². The number of carboxylic acids is 1. The van der Waals surface area contributed by atoms with Crippen molar-refractivity contribution in [2.45, 2.75) is 13.3 Å². The van der Waals surface area contributed by atoms with Crippen LogP contribution in [0.4, 0.5) is 0 Å². The lowest BCUT2D eigenvalue weighted by Crippen LogP contribution is -2.11. The Morgan fingerprint density at radius 3 is 3.00 bits per heavy atom. The summed E-state index contributed by atoms with van der Waals surface area (Å²) in [5, 5.41) is 8.54. The van der Waals surface area contributed by atoms with Gasteiger partial charge in [-0.15, -0.1) is 0 Å². The van der Waals surface area contributed by atoms with E-state index in [1.54, 1.807) is 25.3 Å². The first-order valence-corrected chi connectivity index (χ1v) is 3.45.